The van der Waals surface area contributed by atoms with E-state index < -0.39 is 6.29 Å². The van der Waals surface area contributed by atoms with Gasteiger partial charge in [0.1, 0.15) is 0 Å². The van der Waals surface area contributed by atoms with Crippen LogP contribution >= 0.6 is 0 Å². The van der Waals surface area contributed by atoms with Crippen LogP contribution in [0, 0.1) is 17.8 Å². The first kappa shape index (κ1) is 24.8. The molecule has 3 heterocycles. The second-order valence-corrected chi connectivity index (χ2v) is 9.58. The van der Waals surface area contributed by atoms with E-state index in [0.29, 0.717) is 37.8 Å². The Balaban J connectivity index is 1.37. The molecule has 3 aliphatic rings. The van der Waals surface area contributed by atoms with Crippen LogP contribution in [0.2, 0.25) is 0 Å². The maximum atomic E-state index is 13.4. The fourth-order valence-electron chi connectivity index (χ4n) is 5.08. The summed E-state index contributed by atoms with van der Waals surface area (Å²) in [5.74, 6) is 2.58. The van der Waals surface area contributed by atoms with Gasteiger partial charge in [-0.25, -0.2) is 0 Å². The van der Waals surface area contributed by atoms with Gasteiger partial charge in [-0.3, -0.25) is 9.69 Å². The molecular weight excluding hydrogens is 436 g/mol. The highest BCUT2D eigenvalue weighted by molar-refractivity contribution is 5.91. The number of aliphatic hydroxyl groups excluding tert-OH is 1. The van der Waals surface area contributed by atoms with Crippen LogP contribution in [0.25, 0.3) is 0 Å². The largest absolute Gasteiger partial charge is 0.459 e. The number of carbonyl (C=O) groups is 1. The minimum absolute atomic E-state index is 0.0568. The molecule has 0 aliphatic carbocycles. The number of benzene rings is 1. The normalized spacial score (nSPS) is 24.8. The Kier molecular flexibility index (Phi) is 8.34. The van der Waals surface area contributed by atoms with Crippen molar-refractivity contribution in [3.8, 4) is 11.5 Å². The van der Waals surface area contributed by atoms with E-state index in [-0.39, 0.29) is 31.1 Å². The van der Waals surface area contributed by atoms with Crippen LogP contribution in [0.5, 0.6) is 11.5 Å². The highest BCUT2D eigenvalue weighted by Crippen LogP contribution is 2.37. The zero-order valence-corrected chi connectivity index (χ0v) is 20.6. The van der Waals surface area contributed by atoms with Crippen LogP contribution in [0.15, 0.2) is 30.0 Å². The summed E-state index contributed by atoms with van der Waals surface area (Å²) < 4.78 is 22.9. The Labute approximate surface area is 202 Å². The fourth-order valence-corrected chi connectivity index (χ4v) is 5.08. The first-order valence-electron chi connectivity index (χ1n) is 12.5. The molecule has 3 atom stereocenters. The molecule has 188 valence electrons. The van der Waals surface area contributed by atoms with Gasteiger partial charge in [0.2, 0.25) is 13.1 Å². The molecule has 34 heavy (non-hydrogen) atoms. The molecule has 1 fully saturated rings. The van der Waals surface area contributed by atoms with Crippen LogP contribution in [0.1, 0.15) is 39.2 Å². The molecule has 4 rings (SSSR count). The topological polar surface area (TPSA) is 80.7 Å². The second kappa shape index (κ2) is 11.4. The maximum absolute atomic E-state index is 13.4. The molecule has 0 spiro atoms. The van der Waals surface area contributed by atoms with Crippen LogP contribution < -0.4 is 9.47 Å². The molecule has 0 unspecified atom stereocenters. The molecule has 0 radical (unpaired) electrons. The lowest BCUT2D eigenvalue weighted by atomic mass is 9.78. The summed E-state index contributed by atoms with van der Waals surface area (Å²) >= 11 is 0. The third-order valence-electron chi connectivity index (χ3n) is 6.94. The molecule has 1 N–H and O–H groups in total. The molecule has 1 amide bonds. The number of piperazine rings is 1. The van der Waals surface area contributed by atoms with Crippen molar-refractivity contribution in [2.75, 3.05) is 46.2 Å². The third kappa shape index (κ3) is 5.67. The molecule has 0 bridgehead atoms. The Bertz CT molecular complexity index is 865. The number of hydrogen-bond acceptors (Lipinski definition) is 7. The predicted molar refractivity (Wildman–Crippen MR) is 127 cm³/mol. The predicted octanol–water partition coefficient (Wildman–Crippen LogP) is 3.00. The third-order valence-corrected chi connectivity index (χ3v) is 6.94. The van der Waals surface area contributed by atoms with E-state index in [1.165, 1.54) is 5.56 Å². The lowest BCUT2D eigenvalue weighted by molar-refractivity contribution is -0.178. The number of allylic oxidation sites excluding steroid dienone is 1. The van der Waals surface area contributed by atoms with E-state index in [1.807, 2.05) is 30.0 Å². The Morgan fingerprint density at radius 1 is 1.18 bits per heavy atom. The average molecular weight is 475 g/mol. The van der Waals surface area contributed by atoms with Gasteiger partial charge in [0.15, 0.2) is 17.3 Å². The van der Waals surface area contributed by atoms with Crippen molar-refractivity contribution < 1.29 is 28.8 Å². The molecule has 0 saturated carbocycles. The number of ether oxygens (including phenoxy) is 4. The first-order valence-corrected chi connectivity index (χ1v) is 12.5. The number of rotatable bonds is 9. The van der Waals surface area contributed by atoms with Gasteiger partial charge in [0.25, 0.3) is 5.91 Å². The first-order chi connectivity index (χ1) is 16.5. The number of amides is 1. The van der Waals surface area contributed by atoms with Gasteiger partial charge < -0.3 is 29.0 Å². The summed E-state index contributed by atoms with van der Waals surface area (Å²) in [6, 6.07) is 6.06. The van der Waals surface area contributed by atoms with Crippen molar-refractivity contribution >= 4 is 5.91 Å². The van der Waals surface area contributed by atoms with Gasteiger partial charge >= 0.3 is 0 Å². The van der Waals surface area contributed by atoms with Gasteiger partial charge in [0, 0.05) is 51.9 Å². The van der Waals surface area contributed by atoms with Crippen LogP contribution in [0.3, 0.4) is 0 Å². The molecule has 0 aromatic heterocycles. The standard InChI is InChI=1S/C26H38N2O6/c1-4-31-26-20(6-5-13-29)21(18(2)3)15-24(34-26)25(30)28-11-9-27(10-12-28)16-19-7-8-22-23(14-19)33-17-32-22/h7-8,14-15,18,20-21,26,29H,4-6,9-13,16-17H2,1-3H3/t20-,21+,26+/m1/s1. The van der Waals surface area contributed by atoms with E-state index in [9.17, 15) is 9.90 Å². The Morgan fingerprint density at radius 3 is 2.65 bits per heavy atom. The summed E-state index contributed by atoms with van der Waals surface area (Å²) in [5.41, 5.74) is 1.18. The SMILES string of the molecule is CCO[C@H]1OC(C(=O)N2CCN(Cc3ccc4c(c3)OCO4)CC2)=C[C@@H](C(C)C)[C@H]1CCCO. The number of nitrogens with zero attached hydrogens (tertiary/aromatic N) is 2. The Hall–Kier alpha value is -2.29. The molecule has 8 nitrogen and oxygen atoms in total. The molecular formula is C26H38N2O6. The van der Waals surface area contributed by atoms with Gasteiger partial charge in [0.05, 0.1) is 0 Å². The summed E-state index contributed by atoms with van der Waals surface area (Å²) in [6.07, 6.45) is 3.05. The Morgan fingerprint density at radius 2 is 1.94 bits per heavy atom. The van der Waals surface area contributed by atoms with Crippen molar-refractivity contribution in [1.29, 1.82) is 0 Å². The summed E-state index contributed by atoms with van der Waals surface area (Å²) in [5, 5.41) is 9.33. The quantitative estimate of drug-likeness (QED) is 0.589. The maximum Gasteiger partial charge on any atom is 0.288 e. The van der Waals surface area contributed by atoms with Gasteiger partial charge in [-0.2, -0.15) is 0 Å². The van der Waals surface area contributed by atoms with Crippen molar-refractivity contribution in [3.63, 3.8) is 0 Å². The van der Waals surface area contributed by atoms with Crippen LogP contribution in [-0.4, -0.2) is 73.3 Å². The lowest BCUT2D eigenvalue weighted by Crippen LogP contribution is -2.50. The second-order valence-electron chi connectivity index (χ2n) is 9.58. The van der Waals surface area contributed by atoms with Crippen LogP contribution in [-0.2, 0) is 20.8 Å². The smallest absolute Gasteiger partial charge is 0.288 e. The van der Waals surface area contributed by atoms with Crippen LogP contribution in [0.4, 0.5) is 0 Å². The molecule has 1 aromatic carbocycles. The lowest BCUT2D eigenvalue weighted by Gasteiger charge is -2.40. The van der Waals surface area contributed by atoms with E-state index >= 15 is 0 Å². The number of carbonyl (C=O) groups excluding carboxylic acids is 1. The molecule has 1 saturated heterocycles. The zero-order chi connectivity index (χ0) is 24.1. The van der Waals surface area contributed by atoms with E-state index in [0.717, 1.165) is 37.6 Å². The average Bonchev–Trinajstić information content (AvgIpc) is 3.31. The van der Waals surface area contributed by atoms with Crippen molar-refractivity contribution in [2.45, 2.75) is 46.4 Å². The number of aliphatic hydroxyl groups is 1. The van der Waals surface area contributed by atoms with Gasteiger partial charge in [-0.1, -0.05) is 19.9 Å². The number of hydrogen-bond donors (Lipinski definition) is 1. The summed E-state index contributed by atoms with van der Waals surface area (Å²) in [7, 11) is 0. The van der Waals surface area contributed by atoms with E-state index in [4.69, 9.17) is 18.9 Å². The van der Waals surface area contributed by atoms with E-state index in [1.54, 1.807) is 0 Å². The molecule has 1 aromatic rings. The zero-order valence-electron chi connectivity index (χ0n) is 20.6. The summed E-state index contributed by atoms with van der Waals surface area (Å²) in [4.78, 5) is 17.6. The fraction of sp³-hybridized carbons (Fsp3) is 0.654. The highest BCUT2D eigenvalue weighted by Gasteiger charge is 2.39. The minimum atomic E-state index is -0.458. The monoisotopic (exact) mass is 474 g/mol. The highest BCUT2D eigenvalue weighted by atomic mass is 16.7. The molecule has 3 aliphatic heterocycles. The van der Waals surface area contributed by atoms with E-state index in [2.05, 4.69) is 24.8 Å². The van der Waals surface area contributed by atoms with Crippen molar-refractivity contribution in [3.05, 3.63) is 35.6 Å². The van der Waals surface area contributed by atoms with Crippen molar-refractivity contribution in [2.24, 2.45) is 17.8 Å². The summed E-state index contributed by atoms with van der Waals surface area (Å²) in [6.45, 7) is 10.9. The molecule has 8 heteroatoms. The van der Waals surface area contributed by atoms with Gasteiger partial charge in [-0.05, 0) is 55.4 Å². The number of fused-ring (bicyclic) bond motifs is 1. The van der Waals surface area contributed by atoms with Gasteiger partial charge in [-0.15, -0.1) is 0 Å². The minimum Gasteiger partial charge on any atom is -0.459 e. The van der Waals surface area contributed by atoms with Crippen molar-refractivity contribution in [1.82, 2.24) is 9.80 Å².